The molecule has 6 nitrogen and oxygen atoms in total. The van der Waals surface area contributed by atoms with E-state index in [0.717, 1.165) is 37.2 Å². The topological polar surface area (TPSA) is 53.1 Å². The van der Waals surface area contributed by atoms with E-state index in [-0.39, 0.29) is 17.9 Å². The molecule has 0 unspecified atom stereocenters. The predicted molar refractivity (Wildman–Crippen MR) is 95.4 cm³/mol. The first-order chi connectivity index (χ1) is 12.1. The second-order valence-electron chi connectivity index (χ2n) is 6.78. The molecule has 2 aliphatic rings. The lowest BCUT2D eigenvalue weighted by atomic mass is 10.0. The molecular formula is C19H27N3O3. The Bertz CT molecular complexity index is 628. The summed E-state index contributed by atoms with van der Waals surface area (Å²) in [6.07, 6.45) is 2.19. The third kappa shape index (κ3) is 3.95. The molecule has 0 aromatic heterocycles. The lowest BCUT2D eigenvalue weighted by Crippen LogP contribution is -2.52. The van der Waals surface area contributed by atoms with Crippen molar-refractivity contribution in [1.82, 2.24) is 14.7 Å². The molecule has 1 aromatic rings. The Balaban J connectivity index is 1.81. The van der Waals surface area contributed by atoms with Gasteiger partial charge in [-0.05, 0) is 18.9 Å². The summed E-state index contributed by atoms with van der Waals surface area (Å²) in [5.74, 6) is 1.07. The molecule has 0 aliphatic carbocycles. The van der Waals surface area contributed by atoms with Crippen LogP contribution in [0, 0.1) is 0 Å². The number of carbonyl (C=O) groups is 2. The van der Waals surface area contributed by atoms with Gasteiger partial charge in [0.05, 0.1) is 19.7 Å². The average Bonchev–Trinajstić information content (AvgIpc) is 3.16. The van der Waals surface area contributed by atoms with Gasteiger partial charge in [0.1, 0.15) is 5.75 Å². The van der Waals surface area contributed by atoms with Crippen LogP contribution in [-0.4, -0.2) is 72.9 Å². The molecule has 2 saturated heterocycles. The molecule has 2 aliphatic heterocycles. The zero-order chi connectivity index (χ0) is 17.8. The smallest absolute Gasteiger partial charge is 0.236 e. The van der Waals surface area contributed by atoms with Gasteiger partial charge in [-0.3, -0.25) is 14.5 Å². The van der Waals surface area contributed by atoms with Crippen molar-refractivity contribution in [3.63, 3.8) is 0 Å². The number of hydrogen-bond donors (Lipinski definition) is 0. The Morgan fingerprint density at radius 1 is 1.08 bits per heavy atom. The summed E-state index contributed by atoms with van der Waals surface area (Å²) in [6.45, 7) is 5.68. The SMILES string of the molecule is COc1ccccc1[C@@H]1CN(C(C)=O)CCN1CC(=O)N1CCCC1. The quantitative estimate of drug-likeness (QED) is 0.830. The van der Waals surface area contributed by atoms with Crippen molar-refractivity contribution >= 4 is 11.8 Å². The number of likely N-dealkylation sites (tertiary alicyclic amines) is 1. The Morgan fingerprint density at radius 2 is 1.80 bits per heavy atom. The van der Waals surface area contributed by atoms with Gasteiger partial charge in [0.2, 0.25) is 11.8 Å². The van der Waals surface area contributed by atoms with Gasteiger partial charge in [-0.1, -0.05) is 18.2 Å². The van der Waals surface area contributed by atoms with Crippen LogP contribution in [0.2, 0.25) is 0 Å². The largest absolute Gasteiger partial charge is 0.496 e. The van der Waals surface area contributed by atoms with Gasteiger partial charge in [0.15, 0.2) is 0 Å². The molecule has 25 heavy (non-hydrogen) atoms. The van der Waals surface area contributed by atoms with Crippen LogP contribution in [0.25, 0.3) is 0 Å². The van der Waals surface area contributed by atoms with Crippen molar-refractivity contribution in [2.24, 2.45) is 0 Å². The molecular weight excluding hydrogens is 318 g/mol. The molecule has 2 fully saturated rings. The average molecular weight is 345 g/mol. The van der Waals surface area contributed by atoms with Gasteiger partial charge in [-0.2, -0.15) is 0 Å². The van der Waals surface area contributed by atoms with Crippen LogP contribution < -0.4 is 4.74 Å². The number of ether oxygens (including phenoxy) is 1. The Morgan fingerprint density at radius 3 is 2.48 bits per heavy atom. The van der Waals surface area contributed by atoms with E-state index in [1.807, 2.05) is 34.1 Å². The van der Waals surface area contributed by atoms with Gasteiger partial charge in [-0.15, -0.1) is 0 Å². The molecule has 6 heteroatoms. The number of para-hydroxylation sites is 1. The van der Waals surface area contributed by atoms with E-state index >= 15 is 0 Å². The second kappa shape index (κ2) is 7.87. The summed E-state index contributed by atoms with van der Waals surface area (Å²) in [6, 6.07) is 7.85. The summed E-state index contributed by atoms with van der Waals surface area (Å²) >= 11 is 0. The number of rotatable bonds is 4. The van der Waals surface area contributed by atoms with Gasteiger partial charge >= 0.3 is 0 Å². The number of amides is 2. The van der Waals surface area contributed by atoms with Crippen LogP contribution in [0.5, 0.6) is 5.75 Å². The highest BCUT2D eigenvalue weighted by Crippen LogP contribution is 2.32. The van der Waals surface area contributed by atoms with Gasteiger partial charge < -0.3 is 14.5 Å². The zero-order valence-electron chi connectivity index (χ0n) is 15.1. The molecule has 1 aromatic carbocycles. The number of nitrogens with zero attached hydrogens (tertiary/aromatic N) is 3. The van der Waals surface area contributed by atoms with E-state index in [0.29, 0.717) is 26.2 Å². The molecule has 2 heterocycles. The number of methoxy groups -OCH3 is 1. The highest BCUT2D eigenvalue weighted by atomic mass is 16.5. The van der Waals surface area contributed by atoms with Gasteiger partial charge in [0.25, 0.3) is 0 Å². The molecule has 136 valence electrons. The van der Waals surface area contributed by atoms with Crippen LogP contribution >= 0.6 is 0 Å². The van der Waals surface area contributed by atoms with Crippen LogP contribution in [0.4, 0.5) is 0 Å². The number of piperazine rings is 1. The molecule has 0 radical (unpaired) electrons. The lowest BCUT2D eigenvalue weighted by molar-refractivity contribution is -0.135. The minimum Gasteiger partial charge on any atom is -0.496 e. The lowest BCUT2D eigenvalue weighted by Gasteiger charge is -2.41. The third-order valence-corrected chi connectivity index (χ3v) is 5.23. The van der Waals surface area contributed by atoms with Crippen molar-refractivity contribution in [2.45, 2.75) is 25.8 Å². The fraction of sp³-hybridized carbons (Fsp3) is 0.579. The summed E-state index contributed by atoms with van der Waals surface area (Å²) in [4.78, 5) is 30.5. The number of benzene rings is 1. The van der Waals surface area contributed by atoms with Gasteiger partial charge in [0, 0.05) is 45.2 Å². The first-order valence-corrected chi connectivity index (χ1v) is 9.00. The van der Waals surface area contributed by atoms with Gasteiger partial charge in [-0.25, -0.2) is 0 Å². The van der Waals surface area contributed by atoms with Crippen LogP contribution in [0.1, 0.15) is 31.4 Å². The summed E-state index contributed by atoms with van der Waals surface area (Å²) < 4.78 is 5.52. The van der Waals surface area contributed by atoms with E-state index in [2.05, 4.69) is 4.90 Å². The van der Waals surface area contributed by atoms with Crippen molar-refractivity contribution in [1.29, 1.82) is 0 Å². The van der Waals surface area contributed by atoms with Crippen LogP contribution in [0.15, 0.2) is 24.3 Å². The highest BCUT2D eigenvalue weighted by Gasteiger charge is 2.33. The predicted octanol–water partition coefficient (Wildman–Crippen LogP) is 1.52. The van der Waals surface area contributed by atoms with E-state index in [9.17, 15) is 9.59 Å². The van der Waals surface area contributed by atoms with Crippen LogP contribution in [0.3, 0.4) is 0 Å². The minimum absolute atomic E-state index is 0.0275. The molecule has 0 spiro atoms. The number of hydrogen-bond acceptors (Lipinski definition) is 4. The standard InChI is InChI=1S/C19H27N3O3/c1-15(23)21-11-12-22(14-19(24)20-9-5-6-10-20)17(13-21)16-7-3-4-8-18(16)25-2/h3-4,7-8,17H,5-6,9-14H2,1-2H3/t17-/m0/s1. The van der Waals surface area contributed by atoms with Crippen molar-refractivity contribution in [2.75, 3.05) is 46.4 Å². The Kier molecular flexibility index (Phi) is 5.58. The first-order valence-electron chi connectivity index (χ1n) is 9.00. The van der Waals surface area contributed by atoms with Crippen LogP contribution in [-0.2, 0) is 9.59 Å². The van der Waals surface area contributed by atoms with E-state index in [4.69, 9.17) is 4.74 Å². The van der Waals surface area contributed by atoms with Crippen molar-refractivity contribution in [3.05, 3.63) is 29.8 Å². The maximum atomic E-state index is 12.6. The normalized spacial score (nSPS) is 21.4. The Hall–Kier alpha value is -2.08. The highest BCUT2D eigenvalue weighted by molar-refractivity contribution is 5.78. The monoisotopic (exact) mass is 345 g/mol. The maximum Gasteiger partial charge on any atom is 0.236 e. The molecule has 0 saturated carbocycles. The summed E-state index contributed by atoms with van der Waals surface area (Å²) in [7, 11) is 1.66. The fourth-order valence-corrected chi connectivity index (χ4v) is 3.77. The van der Waals surface area contributed by atoms with Crippen molar-refractivity contribution in [3.8, 4) is 5.75 Å². The van der Waals surface area contributed by atoms with Crippen molar-refractivity contribution < 1.29 is 14.3 Å². The van der Waals surface area contributed by atoms with E-state index in [1.165, 1.54) is 0 Å². The fourth-order valence-electron chi connectivity index (χ4n) is 3.77. The van der Waals surface area contributed by atoms with E-state index < -0.39 is 0 Å². The second-order valence-corrected chi connectivity index (χ2v) is 6.78. The maximum absolute atomic E-state index is 12.6. The molecule has 2 amide bonds. The first kappa shape index (κ1) is 17.7. The Labute approximate surface area is 149 Å². The summed E-state index contributed by atoms with van der Waals surface area (Å²) in [5, 5.41) is 0. The molecule has 0 bridgehead atoms. The minimum atomic E-state index is -0.0275. The molecule has 0 N–H and O–H groups in total. The zero-order valence-corrected chi connectivity index (χ0v) is 15.1. The summed E-state index contributed by atoms with van der Waals surface area (Å²) in [5.41, 5.74) is 1.03. The number of carbonyl (C=O) groups excluding carboxylic acids is 2. The molecule has 1 atom stereocenters. The molecule has 3 rings (SSSR count). The third-order valence-electron chi connectivity index (χ3n) is 5.23. The van der Waals surface area contributed by atoms with E-state index in [1.54, 1.807) is 14.0 Å².